The van der Waals surface area contributed by atoms with Crippen LogP contribution >= 0.6 is 0 Å². The Hall–Kier alpha value is -2.12. The van der Waals surface area contributed by atoms with Gasteiger partial charge in [0, 0.05) is 25.6 Å². The Morgan fingerprint density at radius 3 is 2.48 bits per heavy atom. The molecule has 1 atom stereocenters. The Balaban J connectivity index is 1.46. The minimum Gasteiger partial charge on any atom is -0.336 e. The zero-order valence-electron chi connectivity index (χ0n) is 13.0. The maximum atomic E-state index is 12.3. The van der Waals surface area contributed by atoms with Gasteiger partial charge < -0.3 is 15.1 Å². The highest BCUT2D eigenvalue weighted by molar-refractivity contribution is 6.04. The molecule has 8 nitrogen and oxygen atoms in total. The molecule has 2 saturated heterocycles. The van der Waals surface area contributed by atoms with Crippen molar-refractivity contribution in [2.75, 3.05) is 19.6 Å². The zero-order valence-corrected chi connectivity index (χ0v) is 13.0. The van der Waals surface area contributed by atoms with E-state index in [1.54, 1.807) is 4.90 Å². The number of hydrogen-bond donors (Lipinski definition) is 2. The van der Waals surface area contributed by atoms with Crippen LogP contribution in [0.4, 0.5) is 4.79 Å². The van der Waals surface area contributed by atoms with Gasteiger partial charge in [-0.2, -0.15) is 0 Å². The van der Waals surface area contributed by atoms with Crippen molar-refractivity contribution in [3.05, 3.63) is 0 Å². The second-order valence-corrected chi connectivity index (χ2v) is 6.39. The fourth-order valence-corrected chi connectivity index (χ4v) is 3.59. The largest absolute Gasteiger partial charge is 0.336 e. The molecule has 0 aromatic rings. The van der Waals surface area contributed by atoms with Gasteiger partial charge in [0.1, 0.15) is 6.04 Å². The highest BCUT2D eigenvalue weighted by Gasteiger charge is 2.34. The molecule has 1 aliphatic carbocycles. The zero-order chi connectivity index (χ0) is 16.4. The first-order valence-electron chi connectivity index (χ1n) is 8.23. The maximum Gasteiger partial charge on any atom is 0.322 e. The summed E-state index contributed by atoms with van der Waals surface area (Å²) in [4.78, 5) is 50.4. The van der Waals surface area contributed by atoms with Crippen molar-refractivity contribution in [3.63, 3.8) is 0 Å². The predicted molar refractivity (Wildman–Crippen MR) is 80.2 cm³/mol. The highest BCUT2D eigenvalue weighted by Crippen LogP contribution is 2.25. The molecular weight excluding hydrogens is 300 g/mol. The molecule has 3 rings (SSSR count). The average molecular weight is 322 g/mol. The second kappa shape index (κ2) is 6.55. The van der Waals surface area contributed by atoms with Crippen molar-refractivity contribution < 1.29 is 19.2 Å². The summed E-state index contributed by atoms with van der Waals surface area (Å²) < 4.78 is 0. The van der Waals surface area contributed by atoms with Gasteiger partial charge in [0.2, 0.25) is 11.8 Å². The predicted octanol–water partition coefficient (Wildman–Crippen LogP) is -0.412. The van der Waals surface area contributed by atoms with Crippen LogP contribution in [0.1, 0.15) is 38.5 Å². The maximum absolute atomic E-state index is 12.3. The standard InChI is InChI=1S/C15H22N4O4/c20-12(6-5-11-14(22)17-15(23)16-11)18-7-8-19(13(21)9-18)10-3-1-2-4-10/h10-11H,1-9H2,(H2,16,17,22,23)/t11-/m0/s1. The lowest BCUT2D eigenvalue weighted by molar-refractivity contribution is -0.147. The van der Waals surface area contributed by atoms with Crippen LogP contribution in [-0.4, -0.2) is 65.3 Å². The van der Waals surface area contributed by atoms with Gasteiger partial charge in [-0.25, -0.2) is 4.79 Å². The quantitative estimate of drug-likeness (QED) is 0.687. The highest BCUT2D eigenvalue weighted by atomic mass is 16.2. The molecule has 0 spiro atoms. The third kappa shape index (κ3) is 3.46. The first-order valence-corrected chi connectivity index (χ1v) is 8.23. The van der Waals surface area contributed by atoms with E-state index in [0.717, 1.165) is 12.8 Å². The number of carbonyl (C=O) groups is 4. The van der Waals surface area contributed by atoms with Crippen molar-refractivity contribution in [2.45, 2.75) is 50.6 Å². The minimum atomic E-state index is -0.651. The van der Waals surface area contributed by atoms with Gasteiger partial charge in [-0.05, 0) is 19.3 Å². The molecule has 126 valence electrons. The van der Waals surface area contributed by atoms with Crippen molar-refractivity contribution in [1.29, 1.82) is 0 Å². The van der Waals surface area contributed by atoms with Gasteiger partial charge in [0.15, 0.2) is 0 Å². The van der Waals surface area contributed by atoms with Gasteiger partial charge in [0.05, 0.1) is 6.54 Å². The van der Waals surface area contributed by atoms with Crippen molar-refractivity contribution in [3.8, 4) is 0 Å². The molecular formula is C15H22N4O4. The molecule has 0 radical (unpaired) electrons. The summed E-state index contributed by atoms with van der Waals surface area (Å²) in [5, 5.41) is 4.61. The van der Waals surface area contributed by atoms with E-state index in [1.165, 1.54) is 12.8 Å². The van der Waals surface area contributed by atoms with Gasteiger partial charge in [-0.3, -0.25) is 19.7 Å². The summed E-state index contributed by atoms with van der Waals surface area (Å²) in [6.07, 6.45) is 4.88. The lowest BCUT2D eigenvalue weighted by atomic mass is 10.1. The molecule has 23 heavy (non-hydrogen) atoms. The first-order chi connectivity index (χ1) is 11.0. The van der Waals surface area contributed by atoms with Gasteiger partial charge in [0.25, 0.3) is 5.91 Å². The van der Waals surface area contributed by atoms with Crippen LogP contribution in [-0.2, 0) is 14.4 Å². The molecule has 3 fully saturated rings. The van der Waals surface area contributed by atoms with Crippen LogP contribution in [0.2, 0.25) is 0 Å². The van der Waals surface area contributed by atoms with E-state index in [9.17, 15) is 19.2 Å². The van der Waals surface area contributed by atoms with E-state index in [0.29, 0.717) is 19.1 Å². The number of nitrogens with one attached hydrogen (secondary N) is 2. The van der Waals surface area contributed by atoms with Crippen molar-refractivity contribution >= 4 is 23.8 Å². The molecule has 8 heteroatoms. The SMILES string of the molecule is O=C1NC(=O)[C@H](CCC(=O)N2CCN(C3CCCC3)C(=O)C2)N1. The topological polar surface area (TPSA) is 98.8 Å². The van der Waals surface area contributed by atoms with Crippen LogP contribution in [0.3, 0.4) is 0 Å². The average Bonchev–Trinajstić information content (AvgIpc) is 3.14. The van der Waals surface area contributed by atoms with E-state index in [-0.39, 0.29) is 31.2 Å². The number of nitrogens with zero attached hydrogens (tertiary/aromatic N) is 2. The molecule has 1 saturated carbocycles. The smallest absolute Gasteiger partial charge is 0.322 e. The molecule has 0 aromatic carbocycles. The molecule has 0 bridgehead atoms. The van der Waals surface area contributed by atoms with Crippen LogP contribution in [0.5, 0.6) is 0 Å². The van der Waals surface area contributed by atoms with E-state index < -0.39 is 18.0 Å². The number of imide groups is 1. The summed E-state index contributed by atoms with van der Waals surface area (Å²) in [6, 6.07) is -0.827. The van der Waals surface area contributed by atoms with Crippen LogP contribution in [0, 0.1) is 0 Å². The van der Waals surface area contributed by atoms with E-state index in [2.05, 4.69) is 10.6 Å². The minimum absolute atomic E-state index is 0.0170. The first kappa shape index (κ1) is 15.8. The summed E-state index contributed by atoms with van der Waals surface area (Å²) >= 11 is 0. The lowest BCUT2D eigenvalue weighted by Gasteiger charge is -2.38. The molecule has 2 heterocycles. The van der Waals surface area contributed by atoms with Gasteiger partial charge in [-0.15, -0.1) is 0 Å². The van der Waals surface area contributed by atoms with Crippen LogP contribution in [0.15, 0.2) is 0 Å². The van der Waals surface area contributed by atoms with Gasteiger partial charge in [-0.1, -0.05) is 12.8 Å². The fourth-order valence-electron chi connectivity index (χ4n) is 3.59. The monoisotopic (exact) mass is 322 g/mol. The Labute approximate surface area is 134 Å². The Bertz CT molecular complexity index is 530. The second-order valence-electron chi connectivity index (χ2n) is 6.39. The Kier molecular flexibility index (Phi) is 4.49. The normalized spacial score (nSPS) is 25.7. The number of amides is 5. The number of piperazine rings is 1. The molecule has 2 aliphatic heterocycles. The molecule has 0 unspecified atom stereocenters. The van der Waals surface area contributed by atoms with E-state index in [1.807, 2.05) is 4.90 Å². The number of rotatable bonds is 4. The van der Waals surface area contributed by atoms with Crippen LogP contribution < -0.4 is 10.6 Å². The van der Waals surface area contributed by atoms with E-state index >= 15 is 0 Å². The van der Waals surface area contributed by atoms with Gasteiger partial charge >= 0.3 is 6.03 Å². The van der Waals surface area contributed by atoms with E-state index in [4.69, 9.17) is 0 Å². The fraction of sp³-hybridized carbons (Fsp3) is 0.733. The lowest BCUT2D eigenvalue weighted by Crippen LogP contribution is -2.55. The Morgan fingerprint density at radius 1 is 1.13 bits per heavy atom. The molecule has 2 N–H and O–H groups in total. The van der Waals surface area contributed by atoms with Crippen LogP contribution in [0.25, 0.3) is 0 Å². The summed E-state index contributed by atoms with van der Waals surface area (Å²) in [5.41, 5.74) is 0. The Morgan fingerprint density at radius 2 is 1.87 bits per heavy atom. The number of hydrogen-bond acceptors (Lipinski definition) is 4. The summed E-state index contributed by atoms with van der Waals surface area (Å²) in [5.74, 6) is -0.522. The third-order valence-electron chi connectivity index (χ3n) is 4.88. The number of carbonyl (C=O) groups excluding carboxylic acids is 4. The molecule has 3 aliphatic rings. The van der Waals surface area contributed by atoms with Crippen molar-refractivity contribution in [2.24, 2.45) is 0 Å². The molecule has 0 aromatic heterocycles. The number of urea groups is 1. The van der Waals surface area contributed by atoms with Crippen molar-refractivity contribution in [1.82, 2.24) is 20.4 Å². The summed E-state index contributed by atoms with van der Waals surface area (Å²) in [6.45, 7) is 1.26. The third-order valence-corrected chi connectivity index (χ3v) is 4.88. The summed E-state index contributed by atoms with van der Waals surface area (Å²) in [7, 11) is 0. The molecule has 5 amide bonds.